The molecule has 0 N–H and O–H groups in total. The van der Waals surface area contributed by atoms with Gasteiger partial charge in [0.15, 0.2) is 0 Å². The van der Waals surface area contributed by atoms with Gasteiger partial charge in [-0.25, -0.2) is 0 Å². The lowest BCUT2D eigenvalue weighted by Gasteiger charge is -2.09. The van der Waals surface area contributed by atoms with Crippen LogP contribution in [0.4, 0.5) is 13.2 Å². The van der Waals surface area contributed by atoms with Crippen LogP contribution in [-0.4, -0.2) is 11.2 Å². The van der Waals surface area contributed by atoms with E-state index in [-0.39, 0.29) is 11.6 Å². The molecule has 0 saturated heterocycles. The molecule has 0 fully saturated rings. The quantitative estimate of drug-likeness (QED) is 0.718. The SMILES string of the molecule is CC(C)c1ccnc(CC(F)(F)F)c1. The minimum atomic E-state index is -4.18. The summed E-state index contributed by atoms with van der Waals surface area (Å²) < 4.78 is 36.1. The van der Waals surface area contributed by atoms with Gasteiger partial charge < -0.3 is 0 Å². The van der Waals surface area contributed by atoms with Crippen LogP contribution in [0.15, 0.2) is 18.3 Å². The van der Waals surface area contributed by atoms with E-state index in [1.54, 1.807) is 6.07 Å². The van der Waals surface area contributed by atoms with Crippen molar-refractivity contribution in [1.82, 2.24) is 4.98 Å². The van der Waals surface area contributed by atoms with Gasteiger partial charge in [-0.1, -0.05) is 13.8 Å². The van der Waals surface area contributed by atoms with Crippen LogP contribution in [0.3, 0.4) is 0 Å². The van der Waals surface area contributed by atoms with E-state index in [1.165, 1.54) is 12.3 Å². The van der Waals surface area contributed by atoms with Crippen molar-refractivity contribution in [2.24, 2.45) is 0 Å². The highest BCUT2D eigenvalue weighted by molar-refractivity contribution is 5.19. The number of nitrogens with zero attached hydrogens (tertiary/aromatic N) is 1. The van der Waals surface area contributed by atoms with Crippen LogP contribution in [0.25, 0.3) is 0 Å². The Morgan fingerprint density at radius 3 is 2.50 bits per heavy atom. The molecule has 0 aromatic carbocycles. The smallest absolute Gasteiger partial charge is 0.261 e. The first kappa shape index (κ1) is 11.0. The summed E-state index contributed by atoms with van der Waals surface area (Å²) in [5, 5.41) is 0. The first-order valence-electron chi connectivity index (χ1n) is 4.40. The second-order valence-electron chi connectivity index (χ2n) is 3.53. The second-order valence-corrected chi connectivity index (χ2v) is 3.53. The summed E-state index contributed by atoms with van der Waals surface area (Å²) in [5.74, 6) is 0.227. The van der Waals surface area contributed by atoms with Crippen LogP contribution in [-0.2, 0) is 6.42 Å². The monoisotopic (exact) mass is 203 g/mol. The Balaban J connectivity index is 2.84. The molecule has 0 aliphatic rings. The number of aromatic nitrogens is 1. The maximum absolute atomic E-state index is 12.0. The fourth-order valence-electron chi connectivity index (χ4n) is 1.16. The highest BCUT2D eigenvalue weighted by Gasteiger charge is 2.28. The summed E-state index contributed by atoms with van der Waals surface area (Å²) in [4.78, 5) is 3.69. The van der Waals surface area contributed by atoms with Crippen LogP contribution < -0.4 is 0 Å². The number of alkyl halides is 3. The molecule has 0 spiro atoms. The molecule has 78 valence electrons. The van der Waals surface area contributed by atoms with Crippen molar-refractivity contribution in [3.05, 3.63) is 29.6 Å². The summed E-state index contributed by atoms with van der Waals surface area (Å²) in [6.45, 7) is 3.87. The third-order valence-electron chi connectivity index (χ3n) is 1.89. The van der Waals surface area contributed by atoms with E-state index in [4.69, 9.17) is 0 Å². The van der Waals surface area contributed by atoms with Crippen LogP contribution in [0.2, 0.25) is 0 Å². The molecule has 0 saturated carbocycles. The Hall–Kier alpha value is -1.06. The summed E-state index contributed by atoms with van der Waals surface area (Å²) >= 11 is 0. The van der Waals surface area contributed by atoms with Crippen molar-refractivity contribution in [3.63, 3.8) is 0 Å². The minimum absolute atomic E-state index is 0.0868. The lowest BCUT2D eigenvalue weighted by Crippen LogP contribution is -2.12. The molecule has 0 unspecified atom stereocenters. The Labute approximate surface area is 81.0 Å². The molecular formula is C10H12F3N. The van der Waals surface area contributed by atoms with E-state index < -0.39 is 12.6 Å². The van der Waals surface area contributed by atoms with Gasteiger partial charge in [-0.15, -0.1) is 0 Å². The Morgan fingerprint density at radius 1 is 1.36 bits per heavy atom. The summed E-state index contributed by atoms with van der Waals surface area (Å²) in [7, 11) is 0. The zero-order chi connectivity index (χ0) is 10.8. The first-order valence-corrected chi connectivity index (χ1v) is 4.40. The first-order chi connectivity index (χ1) is 6.38. The van der Waals surface area contributed by atoms with E-state index >= 15 is 0 Å². The van der Waals surface area contributed by atoms with Gasteiger partial charge in [0.05, 0.1) is 6.42 Å². The van der Waals surface area contributed by atoms with E-state index in [1.807, 2.05) is 13.8 Å². The number of rotatable bonds is 2. The normalized spacial score (nSPS) is 12.1. The zero-order valence-electron chi connectivity index (χ0n) is 8.10. The molecule has 4 heteroatoms. The highest BCUT2D eigenvalue weighted by atomic mass is 19.4. The van der Waals surface area contributed by atoms with E-state index in [2.05, 4.69) is 4.98 Å². The lowest BCUT2D eigenvalue weighted by molar-refractivity contribution is -0.127. The van der Waals surface area contributed by atoms with Crippen LogP contribution in [0, 0.1) is 0 Å². The summed E-state index contributed by atoms with van der Waals surface area (Å²) in [6, 6.07) is 3.25. The van der Waals surface area contributed by atoms with Crippen LogP contribution in [0.5, 0.6) is 0 Å². The minimum Gasteiger partial charge on any atom is -0.261 e. The van der Waals surface area contributed by atoms with Crippen LogP contribution in [0.1, 0.15) is 31.0 Å². The van der Waals surface area contributed by atoms with Crippen molar-refractivity contribution < 1.29 is 13.2 Å². The number of hydrogen-bond acceptors (Lipinski definition) is 1. The van der Waals surface area contributed by atoms with Gasteiger partial charge >= 0.3 is 6.18 Å². The molecule has 0 atom stereocenters. The van der Waals surface area contributed by atoms with Gasteiger partial charge in [0.25, 0.3) is 0 Å². The molecule has 14 heavy (non-hydrogen) atoms. The third-order valence-corrected chi connectivity index (χ3v) is 1.89. The van der Waals surface area contributed by atoms with Gasteiger partial charge in [0.1, 0.15) is 0 Å². The fraction of sp³-hybridized carbons (Fsp3) is 0.500. The molecule has 1 heterocycles. The largest absolute Gasteiger partial charge is 0.394 e. The molecule has 1 nitrogen and oxygen atoms in total. The van der Waals surface area contributed by atoms with Crippen molar-refractivity contribution in [3.8, 4) is 0 Å². The second kappa shape index (κ2) is 3.98. The van der Waals surface area contributed by atoms with Crippen molar-refractivity contribution in [1.29, 1.82) is 0 Å². The topological polar surface area (TPSA) is 12.9 Å². The molecule has 0 bridgehead atoms. The average molecular weight is 203 g/mol. The van der Waals surface area contributed by atoms with Gasteiger partial charge in [-0.05, 0) is 23.6 Å². The summed E-state index contributed by atoms with van der Waals surface area (Å²) in [5.41, 5.74) is 0.975. The number of pyridine rings is 1. The Kier molecular flexibility index (Phi) is 3.13. The molecular weight excluding hydrogens is 191 g/mol. The third kappa shape index (κ3) is 3.36. The van der Waals surface area contributed by atoms with Crippen molar-refractivity contribution in [2.75, 3.05) is 0 Å². The van der Waals surface area contributed by atoms with Crippen LogP contribution >= 0.6 is 0 Å². The molecule has 1 rings (SSSR count). The molecule has 0 radical (unpaired) electrons. The Morgan fingerprint density at radius 2 is 2.00 bits per heavy atom. The number of halogens is 3. The average Bonchev–Trinajstić information content (AvgIpc) is 2.01. The fourth-order valence-corrected chi connectivity index (χ4v) is 1.16. The van der Waals surface area contributed by atoms with Gasteiger partial charge in [-0.3, -0.25) is 4.98 Å². The van der Waals surface area contributed by atoms with Gasteiger partial charge in [-0.2, -0.15) is 13.2 Å². The molecule has 0 aliphatic heterocycles. The van der Waals surface area contributed by atoms with Crippen molar-refractivity contribution in [2.45, 2.75) is 32.4 Å². The molecule has 1 aromatic rings. The van der Waals surface area contributed by atoms with E-state index in [9.17, 15) is 13.2 Å². The van der Waals surface area contributed by atoms with E-state index in [0.29, 0.717) is 0 Å². The predicted octanol–water partition coefficient (Wildman–Crippen LogP) is 3.31. The van der Waals surface area contributed by atoms with Gasteiger partial charge in [0, 0.05) is 11.9 Å². The molecule has 1 aromatic heterocycles. The summed E-state index contributed by atoms with van der Waals surface area (Å²) in [6.07, 6.45) is -3.70. The highest BCUT2D eigenvalue weighted by Crippen LogP contribution is 2.22. The predicted molar refractivity (Wildman–Crippen MR) is 48.1 cm³/mol. The lowest BCUT2D eigenvalue weighted by atomic mass is 10.0. The maximum Gasteiger partial charge on any atom is 0.394 e. The Bertz CT molecular complexity index is 304. The van der Waals surface area contributed by atoms with Crippen molar-refractivity contribution >= 4 is 0 Å². The van der Waals surface area contributed by atoms with Gasteiger partial charge in [0.2, 0.25) is 0 Å². The molecule has 0 amide bonds. The maximum atomic E-state index is 12.0. The standard InChI is InChI=1S/C10H12F3N/c1-7(2)8-3-4-14-9(5-8)6-10(11,12)13/h3-5,7H,6H2,1-2H3. The van der Waals surface area contributed by atoms with E-state index in [0.717, 1.165) is 5.56 Å². The zero-order valence-corrected chi connectivity index (χ0v) is 8.10. The number of hydrogen-bond donors (Lipinski definition) is 0. The molecule has 0 aliphatic carbocycles.